The molecule has 0 spiro atoms. The first-order valence-electron chi connectivity index (χ1n) is 5.83. The van der Waals surface area contributed by atoms with Gasteiger partial charge in [0.05, 0.1) is 18.5 Å². The molecule has 18 heavy (non-hydrogen) atoms. The minimum absolute atomic E-state index is 0.737. The number of benzene rings is 1. The first-order valence-corrected chi connectivity index (χ1v) is 6.65. The molecular formula is C14H18N2OS. The zero-order valence-corrected chi connectivity index (χ0v) is 11.7. The maximum atomic E-state index is 5.93. The molecule has 2 aromatic rings. The first-order chi connectivity index (χ1) is 8.60. The van der Waals surface area contributed by atoms with E-state index < -0.39 is 0 Å². The van der Waals surface area contributed by atoms with Crippen LogP contribution in [-0.4, -0.2) is 7.11 Å². The standard InChI is InChI=1S/C14H18N2OS/c1-9-6-12(18-10(9)2)8-16-14-7-11(17-3)4-5-13(14)15/h4-7,16H,8,15H2,1-3H3. The van der Waals surface area contributed by atoms with Crippen LogP contribution < -0.4 is 15.8 Å². The van der Waals surface area contributed by atoms with Crippen molar-refractivity contribution in [2.75, 3.05) is 18.2 Å². The van der Waals surface area contributed by atoms with E-state index in [1.807, 2.05) is 29.5 Å². The Labute approximate surface area is 112 Å². The van der Waals surface area contributed by atoms with Crippen LogP contribution in [-0.2, 0) is 6.54 Å². The van der Waals surface area contributed by atoms with Crippen LogP contribution in [0.1, 0.15) is 15.3 Å². The molecule has 0 saturated carbocycles. The summed E-state index contributed by atoms with van der Waals surface area (Å²) < 4.78 is 5.19. The van der Waals surface area contributed by atoms with Gasteiger partial charge in [-0.05, 0) is 37.6 Å². The number of hydrogen-bond donors (Lipinski definition) is 2. The van der Waals surface area contributed by atoms with E-state index in [2.05, 4.69) is 25.2 Å². The molecule has 3 N–H and O–H groups in total. The lowest BCUT2D eigenvalue weighted by Crippen LogP contribution is -2.01. The fourth-order valence-electron chi connectivity index (χ4n) is 1.73. The van der Waals surface area contributed by atoms with Gasteiger partial charge in [-0.1, -0.05) is 0 Å². The Balaban J connectivity index is 2.10. The Morgan fingerprint density at radius 2 is 2.06 bits per heavy atom. The molecule has 1 aromatic carbocycles. The Morgan fingerprint density at radius 1 is 1.28 bits per heavy atom. The lowest BCUT2D eigenvalue weighted by Gasteiger charge is -2.10. The summed E-state index contributed by atoms with van der Waals surface area (Å²) >= 11 is 1.81. The second kappa shape index (κ2) is 5.31. The van der Waals surface area contributed by atoms with E-state index in [-0.39, 0.29) is 0 Å². The quantitative estimate of drug-likeness (QED) is 0.828. The van der Waals surface area contributed by atoms with Gasteiger partial charge in [0, 0.05) is 22.4 Å². The van der Waals surface area contributed by atoms with Crippen molar-refractivity contribution >= 4 is 22.7 Å². The number of methoxy groups -OCH3 is 1. The largest absolute Gasteiger partial charge is 0.497 e. The minimum Gasteiger partial charge on any atom is -0.497 e. The third kappa shape index (κ3) is 2.76. The number of nitrogens with one attached hydrogen (secondary N) is 1. The maximum absolute atomic E-state index is 5.93. The Hall–Kier alpha value is -1.68. The molecule has 0 aliphatic carbocycles. The second-order valence-corrected chi connectivity index (χ2v) is 5.60. The van der Waals surface area contributed by atoms with Gasteiger partial charge >= 0.3 is 0 Å². The van der Waals surface area contributed by atoms with Gasteiger partial charge in [0.1, 0.15) is 5.75 Å². The molecule has 0 aliphatic rings. The van der Waals surface area contributed by atoms with E-state index in [0.717, 1.165) is 23.7 Å². The maximum Gasteiger partial charge on any atom is 0.121 e. The number of ether oxygens (including phenoxy) is 1. The zero-order valence-electron chi connectivity index (χ0n) is 10.9. The van der Waals surface area contributed by atoms with Crippen molar-refractivity contribution in [3.05, 3.63) is 39.6 Å². The van der Waals surface area contributed by atoms with Crippen LogP contribution in [0.25, 0.3) is 0 Å². The third-order valence-electron chi connectivity index (χ3n) is 2.93. The topological polar surface area (TPSA) is 47.3 Å². The van der Waals surface area contributed by atoms with Crippen LogP contribution in [0.3, 0.4) is 0 Å². The van der Waals surface area contributed by atoms with E-state index in [1.54, 1.807) is 7.11 Å². The lowest BCUT2D eigenvalue weighted by atomic mass is 10.2. The van der Waals surface area contributed by atoms with Crippen molar-refractivity contribution in [3.63, 3.8) is 0 Å². The average Bonchev–Trinajstić information content (AvgIpc) is 2.68. The summed E-state index contributed by atoms with van der Waals surface area (Å²) in [5, 5.41) is 3.35. The Morgan fingerprint density at radius 3 is 2.67 bits per heavy atom. The Bertz CT molecular complexity index is 529. The second-order valence-electron chi connectivity index (χ2n) is 4.26. The van der Waals surface area contributed by atoms with Crippen LogP contribution in [0, 0.1) is 13.8 Å². The van der Waals surface area contributed by atoms with Gasteiger partial charge in [0.25, 0.3) is 0 Å². The molecule has 0 aliphatic heterocycles. The molecule has 2 rings (SSSR count). The SMILES string of the molecule is COc1ccc(N)c(NCc2cc(C)c(C)s2)c1. The summed E-state index contributed by atoms with van der Waals surface area (Å²) in [6.07, 6.45) is 0. The van der Waals surface area contributed by atoms with Crippen LogP contribution in [0.4, 0.5) is 11.4 Å². The molecular weight excluding hydrogens is 244 g/mol. The van der Waals surface area contributed by atoms with E-state index in [9.17, 15) is 0 Å². The fraction of sp³-hybridized carbons (Fsp3) is 0.286. The molecule has 4 heteroatoms. The molecule has 0 atom stereocenters. The number of nitrogen functional groups attached to an aromatic ring is 1. The molecule has 0 amide bonds. The van der Waals surface area contributed by atoms with Crippen LogP contribution in [0.15, 0.2) is 24.3 Å². The van der Waals surface area contributed by atoms with Crippen molar-refractivity contribution in [3.8, 4) is 5.75 Å². The number of nitrogens with two attached hydrogens (primary N) is 1. The van der Waals surface area contributed by atoms with Gasteiger partial charge in [-0.25, -0.2) is 0 Å². The molecule has 0 radical (unpaired) electrons. The molecule has 0 unspecified atom stereocenters. The molecule has 1 aromatic heterocycles. The van der Waals surface area contributed by atoms with Gasteiger partial charge in [0.15, 0.2) is 0 Å². The molecule has 96 valence electrons. The van der Waals surface area contributed by atoms with Gasteiger partial charge in [0.2, 0.25) is 0 Å². The highest BCUT2D eigenvalue weighted by molar-refractivity contribution is 7.12. The summed E-state index contributed by atoms with van der Waals surface area (Å²) in [7, 11) is 1.65. The van der Waals surface area contributed by atoms with Crippen molar-refractivity contribution in [2.45, 2.75) is 20.4 Å². The summed E-state index contributed by atoms with van der Waals surface area (Å²) in [5.74, 6) is 0.810. The smallest absolute Gasteiger partial charge is 0.121 e. The minimum atomic E-state index is 0.737. The average molecular weight is 262 g/mol. The van der Waals surface area contributed by atoms with E-state index in [1.165, 1.54) is 15.3 Å². The zero-order chi connectivity index (χ0) is 13.1. The number of hydrogen-bond acceptors (Lipinski definition) is 4. The monoisotopic (exact) mass is 262 g/mol. The van der Waals surface area contributed by atoms with Gasteiger partial charge in [-0.15, -0.1) is 11.3 Å². The number of aryl methyl sites for hydroxylation is 2. The summed E-state index contributed by atoms with van der Waals surface area (Å²) in [6, 6.07) is 7.85. The summed E-state index contributed by atoms with van der Waals surface area (Å²) in [6.45, 7) is 5.06. The predicted octanol–water partition coefficient (Wildman–Crippen LogP) is 3.57. The fourth-order valence-corrected chi connectivity index (χ4v) is 2.73. The number of thiophene rings is 1. The highest BCUT2D eigenvalue weighted by Gasteiger charge is 2.04. The normalized spacial score (nSPS) is 10.4. The van der Waals surface area contributed by atoms with Crippen molar-refractivity contribution in [1.29, 1.82) is 0 Å². The summed E-state index contributed by atoms with van der Waals surface area (Å²) in [5.41, 5.74) is 8.92. The highest BCUT2D eigenvalue weighted by Crippen LogP contribution is 2.26. The Kier molecular flexibility index (Phi) is 3.77. The molecule has 0 saturated heterocycles. The molecule has 0 bridgehead atoms. The van der Waals surface area contributed by atoms with E-state index in [0.29, 0.717) is 0 Å². The molecule has 3 nitrogen and oxygen atoms in total. The molecule has 1 heterocycles. The van der Waals surface area contributed by atoms with Gasteiger partial charge in [-0.2, -0.15) is 0 Å². The van der Waals surface area contributed by atoms with E-state index >= 15 is 0 Å². The van der Waals surface area contributed by atoms with E-state index in [4.69, 9.17) is 10.5 Å². The molecule has 0 fully saturated rings. The van der Waals surface area contributed by atoms with Crippen molar-refractivity contribution in [2.24, 2.45) is 0 Å². The van der Waals surface area contributed by atoms with Gasteiger partial charge in [-0.3, -0.25) is 0 Å². The number of rotatable bonds is 4. The first kappa shape index (κ1) is 12.8. The third-order valence-corrected chi connectivity index (χ3v) is 4.08. The summed E-state index contributed by atoms with van der Waals surface area (Å²) in [4.78, 5) is 2.68. The predicted molar refractivity (Wildman–Crippen MR) is 78.5 cm³/mol. The lowest BCUT2D eigenvalue weighted by molar-refractivity contribution is 0.415. The van der Waals surface area contributed by atoms with Crippen LogP contribution in [0.5, 0.6) is 5.75 Å². The van der Waals surface area contributed by atoms with Gasteiger partial charge < -0.3 is 15.8 Å². The highest BCUT2D eigenvalue weighted by atomic mass is 32.1. The number of anilines is 2. The van der Waals surface area contributed by atoms with Crippen molar-refractivity contribution in [1.82, 2.24) is 0 Å². The van der Waals surface area contributed by atoms with Crippen LogP contribution >= 0.6 is 11.3 Å². The van der Waals surface area contributed by atoms with Crippen molar-refractivity contribution < 1.29 is 4.74 Å². The van der Waals surface area contributed by atoms with Crippen LogP contribution in [0.2, 0.25) is 0 Å².